The number of piperidine rings is 1. The van der Waals surface area contributed by atoms with E-state index < -0.39 is 5.60 Å². The lowest BCUT2D eigenvalue weighted by Crippen LogP contribution is -2.44. The number of hydrogen-bond donors (Lipinski definition) is 2. The van der Waals surface area contributed by atoms with Gasteiger partial charge in [0.1, 0.15) is 5.60 Å². The van der Waals surface area contributed by atoms with Gasteiger partial charge in [0, 0.05) is 19.1 Å². The molecule has 0 spiro atoms. The molecule has 0 radical (unpaired) electrons. The third-order valence-electron chi connectivity index (χ3n) is 5.19. The Kier molecular flexibility index (Phi) is 10.6. The van der Waals surface area contributed by atoms with Crippen LogP contribution in [0.5, 0.6) is 0 Å². The van der Waals surface area contributed by atoms with Gasteiger partial charge in [0.2, 0.25) is 0 Å². The third kappa shape index (κ3) is 10.4. The van der Waals surface area contributed by atoms with Crippen LogP contribution in [0.2, 0.25) is 0 Å². The summed E-state index contributed by atoms with van der Waals surface area (Å²) in [4.78, 5) is 13.7. The fourth-order valence-electron chi connectivity index (χ4n) is 3.39. The van der Waals surface area contributed by atoms with Crippen LogP contribution in [0.25, 0.3) is 0 Å². The Morgan fingerprint density at radius 3 is 2.15 bits per heavy atom. The van der Waals surface area contributed by atoms with Gasteiger partial charge >= 0.3 is 6.09 Å². The van der Waals surface area contributed by atoms with Crippen LogP contribution >= 0.6 is 0 Å². The molecule has 2 rings (SSSR count). The summed E-state index contributed by atoms with van der Waals surface area (Å²) in [6.07, 6.45) is 9.21. The van der Waals surface area contributed by atoms with Gasteiger partial charge < -0.3 is 20.1 Å². The second kappa shape index (κ2) is 11.8. The van der Waals surface area contributed by atoms with Gasteiger partial charge in [0.15, 0.2) is 0 Å². The van der Waals surface area contributed by atoms with Gasteiger partial charge in [-0.05, 0) is 58.9 Å². The molecule has 0 bridgehead atoms. The number of carbonyl (C=O) groups excluding carboxylic acids is 1. The van der Waals surface area contributed by atoms with Crippen molar-refractivity contribution in [2.24, 2.45) is 11.8 Å². The first kappa shape index (κ1) is 23.2. The molecule has 1 amide bonds. The Morgan fingerprint density at radius 1 is 1.15 bits per heavy atom. The zero-order chi connectivity index (χ0) is 19.6. The van der Waals surface area contributed by atoms with E-state index in [-0.39, 0.29) is 18.7 Å². The summed E-state index contributed by atoms with van der Waals surface area (Å²) in [7, 11) is 0. The summed E-state index contributed by atoms with van der Waals surface area (Å²) in [5, 5.41) is 12.3. The third-order valence-corrected chi connectivity index (χ3v) is 5.19. The average molecular weight is 371 g/mol. The lowest BCUT2D eigenvalue weighted by molar-refractivity contribution is 0.0183. The number of hydrogen-bond acceptors (Lipinski definition) is 4. The fraction of sp³-hybridized carbons (Fsp3) is 0.952. The maximum Gasteiger partial charge on any atom is 0.410 e. The molecule has 1 aliphatic carbocycles. The molecule has 1 saturated carbocycles. The first-order valence-electron chi connectivity index (χ1n) is 10.5. The van der Waals surface area contributed by atoms with Gasteiger partial charge in [-0.15, -0.1) is 0 Å². The van der Waals surface area contributed by atoms with Crippen LogP contribution in [-0.2, 0) is 4.74 Å². The van der Waals surface area contributed by atoms with Gasteiger partial charge in [-0.1, -0.05) is 39.0 Å². The number of aliphatic hydroxyl groups is 1. The number of carbonyl (C=O) groups is 1. The summed E-state index contributed by atoms with van der Waals surface area (Å²) in [6, 6.07) is 0.142. The van der Waals surface area contributed by atoms with Gasteiger partial charge in [-0.2, -0.15) is 0 Å². The molecule has 5 nitrogen and oxygen atoms in total. The van der Waals surface area contributed by atoms with E-state index in [0.29, 0.717) is 5.92 Å². The fourth-order valence-corrected chi connectivity index (χ4v) is 3.39. The van der Waals surface area contributed by atoms with E-state index in [1.807, 2.05) is 27.7 Å². The van der Waals surface area contributed by atoms with Crippen molar-refractivity contribution >= 4 is 6.09 Å². The van der Waals surface area contributed by atoms with Crippen molar-refractivity contribution in [2.45, 2.75) is 91.2 Å². The predicted octanol–water partition coefficient (Wildman–Crippen LogP) is 4.19. The van der Waals surface area contributed by atoms with E-state index in [1.54, 1.807) is 4.90 Å². The lowest BCUT2D eigenvalue weighted by atomic mass is 9.91. The molecule has 0 unspecified atom stereocenters. The molecular formula is C21H42N2O3. The van der Waals surface area contributed by atoms with E-state index in [9.17, 15) is 4.79 Å². The average Bonchev–Trinajstić information content (AvgIpc) is 2.60. The second-order valence-corrected chi connectivity index (χ2v) is 9.15. The Balaban J connectivity index is 0.000000401. The maximum atomic E-state index is 11.9. The van der Waals surface area contributed by atoms with Crippen molar-refractivity contribution in [1.82, 2.24) is 10.2 Å². The van der Waals surface area contributed by atoms with E-state index in [0.717, 1.165) is 38.4 Å². The SMILES string of the molecule is CC1CCCCC1.C[C@@H](CO)NCC1CCN(C(=O)OC(C)(C)C)CC1. The maximum absolute atomic E-state index is 11.9. The summed E-state index contributed by atoms with van der Waals surface area (Å²) in [5.41, 5.74) is -0.425. The van der Waals surface area contributed by atoms with Gasteiger partial charge in [-0.3, -0.25) is 0 Å². The highest BCUT2D eigenvalue weighted by atomic mass is 16.6. The standard InChI is InChI=1S/C14H28N2O3.C7H14/c1-11(10-17)15-9-12-5-7-16(8-6-12)13(18)19-14(2,3)4;1-7-5-3-2-4-6-7/h11-12,15,17H,5-10H2,1-4H3;7H,2-6H2,1H3/t11-;/m0./s1. The summed E-state index contributed by atoms with van der Waals surface area (Å²) in [6.45, 7) is 12.6. The minimum atomic E-state index is -0.425. The number of ether oxygens (including phenoxy) is 1. The number of aliphatic hydroxyl groups excluding tert-OH is 1. The number of likely N-dealkylation sites (tertiary alicyclic amines) is 1. The molecule has 1 heterocycles. The summed E-state index contributed by atoms with van der Waals surface area (Å²) in [5.74, 6) is 1.61. The van der Waals surface area contributed by atoms with Crippen LogP contribution in [0.3, 0.4) is 0 Å². The lowest BCUT2D eigenvalue weighted by Gasteiger charge is -2.33. The topological polar surface area (TPSA) is 61.8 Å². The Bertz CT molecular complexity index is 381. The van der Waals surface area contributed by atoms with Crippen LogP contribution in [-0.4, -0.2) is 54.0 Å². The second-order valence-electron chi connectivity index (χ2n) is 9.15. The molecule has 2 aliphatic rings. The zero-order valence-corrected chi connectivity index (χ0v) is 17.7. The molecule has 1 aliphatic heterocycles. The van der Waals surface area contributed by atoms with Crippen molar-refractivity contribution in [2.75, 3.05) is 26.2 Å². The van der Waals surface area contributed by atoms with Crippen molar-refractivity contribution in [1.29, 1.82) is 0 Å². The highest BCUT2D eigenvalue weighted by molar-refractivity contribution is 5.68. The molecule has 1 atom stereocenters. The van der Waals surface area contributed by atoms with Gasteiger partial charge in [-0.25, -0.2) is 4.79 Å². The highest BCUT2D eigenvalue weighted by Crippen LogP contribution is 2.22. The molecule has 1 saturated heterocycles. The van der Waals surface area contributed by atoms with Crippen LogP contribution in [0, 0.1) is 11.8 Å². The van der Waals surface area contributed by atoms with Crippen molar-refractivity contribution in [3.63, 3.8) is 0 Å². The number of rotatable bonds is 4. The molecule has 0 aromatic heterocycles. The van der Waals surface area contributed by atoms with Gasteiger partial charge in [0.05, 0.1) is 6.61 Å². The van der Waals surface area contributed by atoms with E-state index in [4.69, 9.17) is 9.84 Å². The molecule has 0 aromatic carbocycles. The van der Waals surface area contributed by atoms with Gasteiger partial charge in [0.25, 0.3) is 0 Å². The highest BCUT2D eigenvalue weighted by Gasteiger charge is 2.26. The number of nitrogens with one attached hydrogen (secondary N) is 1. The molecule has 2 fully saturated rings. The molecule has 2 N–H and O–H groups in total. The minimum absolute atomic E-state index is 0.142. The smallest absolute Gasteiger partial charge is 0.410 e. The van der Waals surface area contributed by atoms with Crippen LogP contribution in [0.1, 0.15) is 79.6 Å². The predicted molar refractivity (Wildman–Crippen MR) is 107 cm³/mol. The Morgan fingerprint density at radius 2 is 1.73 bits per heavy atom. The largest absolute Gasteiger partial charge is 0.444 e. The normalized spacial score (nSPS) is 20.9. The molecule has 0 aromatic rings. The Hall–Kier alpha value is -0.810. The molecule has 26 heavy (non-hydrogen) atoms. The van der Waals surface area contributed by atoms with Crippen molar-refractivity contribution in [3.8, 4) is 0 Å². The summed E-state index contributed by atoms with van der Waals surface area (Å²) >= 11 is 0. The first-order chi connectivity index (χ1) is 12.2. The van der Waals surface area contributed by atoms with Crippen molar-refractivity contribution in [3.05, 3.63) is 0 Å². The molecular weight excluding hydrogens is 328 g/mol. The number of amides is 1. The zero-order valence-electron chi connectivity index (χ0n) is 17.7. The molecule has 154 valence electrons. The van der Waals surface area contributed by atoms with Crippen molar-refractivity contribution < 1.29 is 14.6 Å². The van der Waals surface area contributed by atoms with E-state index >= 15 is 0 Å². The molecule has 5 heteroatoms. The first-order valence-corrected chi connectivity index (χ1v) is 10.5. The van der Waals surface area contributed by atoms with Crippen LogP contribution in [0.15, 0.2) is 0 Å². The monoisotopic (exact) mass is 370 g/mol. The Labute approximate surface area is 160 Å². The van der Waals surface area contributed by atoms with E-state index in [1.165, 1.54) is 32.1 Å². The summed E-state index contributed by atoms with van der Waals surface area (Å²) < 4.78 is 5.37. The number of nitrogens with zero attached hydrogens (tertiary/aromatic N) is 1. The quantitative estimate of drug-likeness (QED) is 0.779. The van der Waals surface area contributed by atoms with Crippen LogP contribution in [0.4, 0.5) is 4.79 Å². The van der Waals surface area contributed by atoms with Crippen LogP contribution < -0.4 is 5.32 Å². The van der Waals surface area contributed by atoms with E-state index in [2.05, 4.69) is 12.2 Å². The minimum Gasteiger partial charge on any atom is -0.444 e.